The molecule has 2 heterocycles. The summed E-state index contributed by atoms with van der Waals surface area (Å²) < 4.78 is 6.17. The standard InChI is InChI=1S/C18H32N4O/c1-19-10-11-22(2)14-16-13-20-21-17(16)15-5-8-18(9-6-15)7-3-4-12-23-18/h13,15,19H,3-12,14H2,1-2H3,(H,20,21). The lowest BCUT2D eigenvalue weighted by atomic mass is 9.74. The zero-order valence-electron chi connectivity index (χ0n) is 14.7. The van der Waals surface area contributed by atoms with Crippen LogP contribution >= 0.6 is 0 Å². The van der Waals surface area contributed by atoms with Gasteiger partial charge in [0.1, 0.15) is 0 Å². The molecule has 0 atom stereocenters. The molecule has 0 unspecified atom stereocenters. The monoisotopic (exact) mass is 320 g/mol. The van der Waals surface area contributed by atoms with Crippen molar-refractivity contribution < 1.29 is 4.74 Å². The van der Waals surface area contributed by atoms with Crippen LogP contribution in [0.5, 0.6) is 0 Å². The van der Waals surface area contributed by atoms with Crippen LogP contribution in [-0.4, -0.2) is 54.5 Å². The third-order valence-corrected chi connectivity index (χ3v) is 5.66. The van der Waals surface area contributed by atoms with E-state index in [-0.39, 0.29) is 5.60 Å². The topological polar surface area (TPSA) is 53.2 Å². The molecule has 1 aliphatic heterocycles. The third-order valence-electron chi connectivity index (χ3n) is 5.66. The van der Waals surface area contributed by atoms with E-state index < -0.39 is 0 Å². The van der Waals surface area contributed by atoms with E-state index in [0.29, 0.717) is 5.92 Å². The minimum Gasteiger partial charge on any atom is -0.375 e. The zero-order valence-corrected chi connectivity index (χ0v) is 14.7. The number of rotatable bonds is 6. The quantitative estimate of drug-likeness (QED) is 0.846. The number of ether oxygens (including phenoxy) is 1. The van der Waals surface area contributed by atoms with Gasteiger partial charge in [0.2, 0.25) is 0 Å². The number of nitrogens with zero attached hydrogens (tertiary/aromatic N) is 2. The Labute approximate surface area is 140 Å². The lowest BCUT2D eigenvalue weighted by Gasteiger charge is -2.42. The lowest BCUT2D eigenvalue weighted by Crippen LogP contribution is -2.39. The van der Waals surface area contributed by atoms with Gasteiger partial charge in [-0.2, -0.15) is 5.10 Å². The first-order chi connectivity index (χ1) is 11.2. The second-order valence-electron chi connectivity index (χ2n) is 7.40. The minimum absolute atomic E-state index is 0.203. The number of hydrogen-bond acceptors (Lipinski definition) is 4. The summed E-state index contributed by atoms with van der Waals surface area (Å²) in [6.45, 7) is 4.02. The number of H-pyrrole nitrogens is 1. The average Bonchev–Trinajstić information content (AvgIpc) is 3.02. The Hall–Kier alpha value is -0.910. The summed E-state index contributed by atoms with van der Waals surface area (Å²) >= 11 is 0. The molecule has 130 valence electrons. The first-order valence-electron chi connectivity index (χ1n) is 9.22. The molecule has 1 aliphatic carbocycles. The first kappa shape index (κ1) is 16.9. The number of nitrogens with one attached hydrogen (secondary N) is 2. The SMILES string of the molecule is CNCCN(C)Cc1c[nH]nc1C1CCC2(CCCCO2)CC1. The molecule has 3 rings (SSSR count). The second kappa shape index (κ2) is 7.77. The molecule has 2 aliphatic rings. The van der Waals surface area contributed by atoms with Crippen LogP contribution in [0.3, 0.4) is 0 Å². The Morgan fingerprint density at radius 3 is 2.87 bits per heavy atom. The van der Waals surface area contributed by atoms with Crippen LogP contribution in [0.1, 0.15) is 62.1 Å². The summed E-state index contributed by atoms with van der Waals surface area (Å²) in [5.41, 5.74) is 2.87. The molecule has 1 saturated carbocycles. The van der Waals surface area contributed by atoms with E-state index in [2.05, 4.69) is 33.7 Å². The highest BCUT2D eigenvalue weighted by atomic mass is 16.5. The summed E-state index contributed by atoms with van der Waals surface area (Å²) in [6.07, 6.45) is 10.8. The molecule has 2 N–H and O–H groups in total. The molecule has 5 nitrogen and oxygen atoms in total. The maximum Gasteiger partial charge on any atom is 0.0697 e. The number of likely N-dealkylation sites (N-methyl/N-ethyl adjacent to an activating group) is 2. The first-order valence-corrected chi connectivity index (χ1v) is 9.22. The minimum atomic E-state index is 0.203. The number of aromatic amines is 1. The normalized spacial score (nSPS) is 28.6. The molecule has 0 amide bonds. The van der Waals surface area contributed by atoms with Crippen LogP contribution in [0.15, 0.2) is 6.20 Å². The van der Waals surface area contributed by atoms with E-state index in [0.717, 1.165) is 26.2 Å². The molecule has 1 saturated heterocycles. The molecule has 1 aromatic rings. The van der Waals surface area contributed by atoms with Crippen molar-refractivity contribution >= 4 is 0 Å². The molecule has 1 spiro atoms. The highest BCUT2D eigenvalue weighted by molar-refractivity contribution is 5.21. The van der Waals surface area contributed by atoms with Gasteiger partial charge in [-0.15, -0.1) is 0 Å². The summed E-state index contributed by atoms with van der Waals surface area (Å²) in [4.78, 5) is 2.36. The second-order valence-corrected chi connectivity index (χ2v) is 7.40. The summed E-state index contributed by atoms with van der Waals surface area (Å²) in [5, 5.41) is 10.9. The van der Waals surface area contributed by atoms with Gasteiger partial charge in [-0.25, -0.2) is 0 Å². The van der Waals surface area contributed by atoms with Gasteiger partial charge in [0.15, 0.2) is 0 Å². The maximum atomic E-state index is 6.17. The predicted molar refractivity (Wildman–Crippen MR) is 92.6 cm³/mol. The molecular weight excluding hydrogens is 288 g/mol. The maximum absolute atomic E-state index is 6.17. The molecule has 0 aromatic carbocycles. The summed E-state index contributed by atoms with van der Waals surface area (Å²) in [6, 6.07) is 0. The summed E-state index contributed by atoms with van der Waals surface area (Å²) in [7, 11) is 4.18. The molecule has 2 fully saturated rings. The van der Waals surface area contributed by atoms with Crippen molar-refractivity contribution in [2.45, 2.75) is 63.0 Å². The molecule has 0 bridgehead atoms. The van der Waals surface area contributed by atoms with Gasteiger partial charge < -0.3 is 15.0 Å². The van der Waals surface area contributed by atoms with Gasteiger partial charge in [0, 0.05) is 43.9 Å². The van der Waals surface area contributed by atoms with E-state index in [1.807, 2.05) is 7.05 Å². The average molecular weight is 320 g/mol. The van der Waals surface area contributed by atoms with Crippen molar-refractivity contribution in [2.24, 2.45) is 0 Å². The Balaban J connectivity index is 1.57. The van der Waals surface area contributed by atoms with Crippen LogP contribution < -0.4 is 5.32 Å². The van der Waals surface area contributed by atoms with E-state index in [1.165, 1.54) is 56.2 Å². The molecular formula is C18H32N4O. The largest absolute Gasteiger partial charge is 0.375 e. The lowest BCUT2D eigenvalue weighted by molar-refractivity contribution is -0.102. The van der Waals surface area contributed by atoms with Crippen molar-refractivity contribution in [3.05, 3.63) is 17.5 Å². The fourth-order valence-corrected chi connectivity index (χ4v) is 4.20. The Kier molecular flexibility index (Phi) is 5.72. The van der Waals surface area contributed by atoms with Crippen LogP contribution in [-0.2, 0) is 11.3 Å². The van der Waals surface area contributed by atoms with Crippen LogP contribution in [0.2, 0.25) is 0 Å². The zero-order chi connectivity index (χ0) is 16.1. The van der Waals surface area contributed by atoms with Crippen LogP contribution in [0, 0.1) is 0 Å². The Morgan fingerprint density at radius 2 is 2.17 bits per heavy atom. The Morgan fingerprint density at radius 1 is 1.35 bits per heavy atom. The van der Waals surface area contributed by atoms with Crippen LogP contribution in [0.25, 0.3) is 0 Å². The molecule has 0 radical (unpaired) electrons. The van der Waals surface area contributed by atoms with Gasteiger partial charge in [-0.1, -0.05) is 0 Å². The van der Waals surface area contributed by atoms with E-state index in [9.17, 15) is 0 Å². The highest BCUT2D eigenvalue weighted by Crippen LogP contribution is 2.44. The van der Waals surface area contributed by atoms with Crippen molar-refractivity contribution in [1.29, 1.82) is 0 Å². The van der Waals surface area contributed by atoms with Gasteiger partial charge in [-0.3, -0.25) is 5.10 Å². The number of aromatic nitrogens is 2. The van der Waals surface area contributed by atoms with E-state index >= 15 is 0 Å². The van der Waals surface area contributed by atoms with E-state index in [1.54, 1.807) is 0 Å². The van der Waals surface area contributed by atoms with Gasteiger partial charge in [-0.05, 0) is 59.0 Å². The van der Waals surface area contributed by atoms with Gasteiger partial charge in [0.05, 0.1) is 11.3 Å². The van der Waals surface area contributed by atoms with Crippen molar-refractivity contribution in [3.63, 3.8) is 0 Å². The molecule has 5 heteroatoms. The summed E-state index contributed by atoms with van der Waals surface area (Å²) in [5.74, 6) is 0.602. The fourth-order valence-electron chi connectivity index (χ4n) is 4.20. The third kappa shape index (κ3) is 4.14. The Bertz CT molecular complexity index is 471. The highest BCUT2D eigenvalue weighted by Gasteiger charge is 2.38. The van der Waals surface area contributed by atoms with Crippen molar-refractivity contribution in [2.75, 3.05) is 33.8 Å². The van der Waals surface area contributed by atoms with Crippen molar-refractivity contribution in [3.8, 4) is 0 Å². The number of hydrogen-bond donors (Lipinski definition) is 2. The fraction of sp³-hybridized carbons (Fsp3) is 0.833. The molecule has 1 aromatic heterocycles. The van der Waals surface area contributed by atoms with Gasteiger partial charge >= 0.3 is 0 Å². The van der Waals surface area contributed by atoms with Crippen molar-refractivity contribution in [1.82, 2.24) is 20.4 Å². The van der Waals surface area contributed by atoms with Crippen LogP contribution in [0.4, 0.5) is 0 Å². The molecule has 23 heavy (non-hydrogen) atoms. The predicted octanol–water partition coefficient (Wildman–Crippen LogP) is 2.66. The smallest absolute Gasteiger partial charge is 0.0697 e. The van der Waals surface area contributed by atoms with Gasteiger partial charge in [0.25, 0.3) is 0 Å². The van der Waals surface area contributed by atoms with E-state index in [4.69, 9.17) is 4.74 Å².